The molecule has 0 radical (unpaired) electrons. The van der Waals surface area contributed by atoms with Gasteiger partial charge in [-0.1, -0.05) is 30.3 Å². The predicted molar refractivity (Wildman–Crippen MR) is 95.3 cm³/mol. The van der Waals surface area contributed by atoms with Crippen molar-refractivity contribution >= 4 is 16.9 Å². The molecule has 0 aliphatic carbocycles. The molecule has 0 saturated carbocycles. The van der Waals surface area contributed by atoms with Gasteiger partial charge in [0.2, 0.25) is 0 Å². The van der Waals surface area contributed by atoms with Gasteiger partial charge < -0.3 is 5.32 Å². The van der Waals surface area contributed by atoms with Crippen molar-refractivity contribution in [2.75, 3.05) is 11.9 Å². The van der Waals surface area contributed by atoms with Crippen molar-refractivity contribution in [3.8, 4) is 5.69 Å². The van der Waals surface area contributed by atoms with E-state index in [4.69, 9.17) is 0 Å². The molecule has 0 saturated heterocycles. The van der Waals surface area contributed by atoms with Gasteiger partial charge in [0.1, 0.15) is 18.0 Å². The van der Waals surface area contributed by atoms with Gasteiger partial charge in [0, 0.05) is 6.54 Å². The number of nitrogens with one attached hydrogen (secondary N) is 1. The van der Waals surface area contributed by atoms with E-state index in [1.807, 2.05) is 18.2 Å². The molecule has 0 aliphatic rings. The van der Waals surface area contributed by atoms with Crippen LogP contribution in [0.5, 0.6) is 0 Å². The third-order valence-corrected chi connectivity index (χ3v) is 3.99. The Hall–Kier alpha value is -3.28. The van der Waals surface area contributed by atoms with Gasteiger partial charge in [-0.25, -0.2) is 19.0 Å². The number of anilines is 1. The molecule has 1 N–H and O–H groups in total. The Morgan fingerprint density at radius 1 is 0.960 bits per heavy atom. The first-order valence-corrected chi connectivity index (χ1v) is 8.04. The van der Waals surface area contributed by atoms with Crippen LogP contribution in [0.4, 0.5) is 10.2 Å². The van der Waals surface area contributed by atoms with Crippen LogP contribution in [0.25, 0.3) is 16.7 Å². The molecule has 4 rings (SSSR count). The lowest BCUT2D eigenvalue weighted by Gasteiger charge is -2.07. The van der Waals surface area contributed by atoms with E-state index in [2.05, 4.69) is 32.5 Å². The fourth-order valence-electron chi connectivity index (χ4n) is 2.73. The second-order valence-corrected chi connectivity index (χ2v) is 5.65. The Bertz CT molecular complexity index is 980. The van der Waals surface area contributed by atoms with Crippen molar-refractivity contribution < 1.29 is 4.39 Å². The summed E-state index contributed by atoms with van der Waals surface area (Å²) in [6, 6.07) is 16.4. The van der Waals surface area contributed by atoms with E-state index in [1.165, 1.54) is 24.0 Å². The first-order chi connectivity index (χ1) is 12.3. The Labute approximate surface area is 144 Å². The third-order valence-electron chi connectivity index (χ3n) is 3.99. The number of rotatable bonds is 5. The lowest BCUT2D eigenvalue weighted by molar-refractivity contribution is 0.627. The van der Waals surface area contributed by atoms with Gasteiger partial charge in [-0.05, 0) is 36.2 Å². The molecule has 0 atom stereocenters. The van der Waals surface area contributed by atoms with Crippen molar-refractivity contribution in [2.45, 2.75) is 6.42 Å². The summed E-state index contributed by atoms with van der Waals surface area (Å²) < 4.78 is 14.8. The molecule has 0 fully saturated rings. The van der Waals surface area contributed by atoms with Gasteiger partial charge in [0.05, 0.1) is 17.3 Å². The predicted octanol–water partition coefficient (Wildman–Crippen LogP) is 3.61. The smallest absolute Gasteiger partial charge is 0.168 e. The van der Waals surface area contributed by atoms with Gasteiger partial charge in [-0.15, -0.1) is 0 Å². The number of aromatic nitrogens is 4. The second-order valence-electron chi connectivity index (χ2n) is 5.65. The monoisotopic (exact) mass is 333 g/mol. The summed E-state index contributed by atoms with van der Waals surface area (Å²) >= 11 is 0. The highest BCUT2D eigenvalue weighted by atomic mass is 19.1. The molecular weight excluding hydrogens is 317 g/mol. The summed E-state index contributed by atoms with van der Waals surface area (Å²) in [5.74, 6) is 0.465. The first kappa shape index (κ1) is 15.3. The van der Waals surface area contributed by atoms with E-state index in [1.54, 1.807) is 23.0 Å². The number of nitrogens with zero attached hydrogens (tertiary/aromatic N) is 4. The standard InChI is InChI=1S/C19H16FN5/c20-15-6-8-16(9-7-15)25-19-17(12-24-25)18(22-13-23-19)21-11-10-14-4-2-1-3-5-14/h1-9,12-13H,10-11H2,(H,21,22,23). The van der Waals surface area contributed by atoms with Crippen LogP contribution in [0.1, 0.15) is 5.56 Å². The Morgan fingerprint density at radius 2 is 1.76 bits per heavy atom. The highest BCUT2D eigenvalue weighted by Gasteiger charge is 2.11. The number of benzene rings is 2. The van der Waals surface area contributed by atoms with Crippen LogP contribution in [0, 0.1) is 5.82 Å². The van der Waals surface area contributed by atoms with Crippen LogP contribution in [0.15, 0.2) is 67.1 Å². The van der Waals surface area contributed by atoms with E-state index in [9.17, 15) is 4.39 Å². The molecule has 2 aromatic heterocycles. The quantitative estimate of drug-likeness (QED) is 0.606. The van der Waals surface area contributed by atoms with Gasteiger partial charge in [-0.3, -0.25) is 0 Å². The second kappa shape index (κ2) is 6.68. The average Bonchev–Trinajstić information content (AvgIpc) is 3.08. The van der Waals surface area contributed by atoms with Crippen LogP contribution in [0.3, 0.4) is 0 Å². The van der Waals surface area contributed by atoms with Crippen molar-refractivity contribution in [3.05, 3.63) is 78.5 Å². The molecule has 0 amide bonds. The third kappa shape index (κ3) is 3.19. The molecule has 5 nitrogen and oxygen atoms in total. The van der Waals surface area contributed by atoms with Crippen LogP contribution in [-0.2, 0) is 6.42 Å². The number of hydrogen-bond acceptors (Lipinski definition) is 4. The average molecular weight is 333 g/mol. The summed E-state index contributed by atoms with van der Waals surface area (Å²) in [6.07, 6.45) is 4.14. The maximum absolute atomic E-state index is 13.1. The summed E-state index contributed by atoms with van der Waals surface area (Å²) in [5, 5.41) is 8.55. The maximum atomic E-state index is 13.1. The Kier molecular flexibility index (Phi) is 4.08. The van der Waals surface area contributed by atoms with E-state index in [0.29, 0.717) is 5.65 Å². The van der Waals surface area contributed by atoms with Gasteiger partial charge in [0.15, 0.2) is 5.65 Å². The normalized spacial score (nSPS) is 10.9. The SMILES string of the molecule is Fc1ccc(-n2ncc3c(NCCc4ccccc4)ncnc32)cc1. The highest BCUT2D eigenvalue weighted by Crippen LogP contribution is 2.21. The maximum Gasteiger partial charge on any atom is 0.168 e. The number of fused-ring (bicyclic) bond motifs is 1. The zero-order valence-electron chi connectivity index (χ0n) is 13.4. The van der Waals surface area contributed by atoms with Crippen molar-refractivity contribution in [1.82, 2.24) is 19.7 Å². The minimum atomic E-state index is -0.280. The summed E-state index contributed by atoms with van der Waals surface area (Å²) in [5.41, 5.74) is 2.71. The molecule has 0 unspecified atom stereocenters. The molecule has 25 heavy (non-hydrogen) atoms. The largest absolute Gasteiger partial charge is 0.369 e. The first-order valence-electron chi connectivity index (χ1n) is 8.04. The van der Waals surface area contributed by atoms with E-state index in [0.717, 1.165) is 29.9 Å². The van der Waals surface area contributed by atoms with E-state index < -0.39 is 0 Å². The Balaban J connectivity index is 1.57. The van der Waals surface area contributed by atoms with E-state index >= 15 is 0 Å². The van der Waals surface area contributed by atoms with Crippen LogP contribution < -0.4 is 5.32 Å². The fourth-order valence-corrected chi connectivity index (χ4v) is 2.73. The van der Waals surface area contributed by atoms with Crippen molar-refractivity contribution in [3.63, 3.8) is 0 Å². The minimum absolute atomic E-state index is 0.280. The molecule has 124 valence electrons. The molecule has 4 aromatic rings. The van der Waals surface area contributed by atoms with Crippen LogP contribution in [0.2, 0.25) is 0 Å². The molecular formula is C19H16FN5. The topological polar surface area (TPSA) is 55.6 Å². The fraction of sp³-hybridized carbons (Fsp3) is 0.105. The van der Waals surface area contributed by atoms with Gasteiger partial charge in [0.25, 0.3) is 0 Å². The van der Waals surface area contributed by atoms with Gasteiger partial charge in [-0.2, -0.15) is 5.10 Å². The lowest BCUT2D eigenvalue weighted by Crippen LogP contribution is -2.07. The zero-order valence-corrected chi connectivity index (χ0v) is 13.4. The van der Waals surface area contributed by atoms with E-state index in [-0.39, 0.29) is 5.82 Å². The number of hydrogen-bond donors (Lipinski definition) is 1. The molecule has 2 heterocycles. The molecule has 2 aromatic carbocycles. The molecule has 6 heteroatoms. The zero-order chi connectivity index (χ0) is 17.1. The van der Waals surface area contributed by atoms with Crippen LogP contribution in [-0.4, -0.2) is 26.3 Å². The number of halogens is 1. The summed E-state index contributed by atoms with van der Waals surface area (Å²) in [6.45, 7) is 0.762. The summed E-state index contributed by atoms with van der Waals surface area (Å²) in [7, 11) is 0. The molecule has 0 bridgehead atoms. The highest BCUT2D eigenvalue weighted by molar-refractivity contribution is 5.87. The summed E-state index contributed by atoms with van der Waals surface area (Å²) in [4.78, 5) is 8.65. The molecule has 0 spiro atoms. The molecule has 0 aliphatic heterocycles. The minimum Gasteiger partial charge on any atom is -0.369 e. The van der Waals surface area contributed by atoms with Crippen molar-refractivity contribution in [1.29, 1.82) is 0 Å². The van der Waals surface area contributed by atoms with Crippen molar-refractivity contribution in [2.24, 2.45) is 0 Å². The van der Waals surface area contributed by atoms with Crippen LogP contribution >= 0.6 is 0 Å². The Morgan fingerprint density at radius 3 is 2.56 bits per heavy atom. The van der Waals surface area contributed by atoms with Gasteiger partial charge >= 0.3 is 0 Å². The lowest BCUT2D eigenvalue weighted by atomic mass is 10.1.